The predicted octanol–water partition coefficient (Wildman–Crippen LogP) is 2.19. The van der Waals surface area contributed by atoms with Crippen molar-refractivity contribution in [2.24, 2.45) is 0 Å². The lowest BCUT2D eigenvalue weighted by Crippen LogP contribution is -2.47. The van der Waals surface area contributed by atoms with E-state index in [1.807, 2.05) is 0 Å². The van der Waals surface area contributed by atoms with Crippen LogP contribution >= 0.6 is 0 Å². The summed E-state index contributed by atoms with van der Waals surface area (Å²) >= 11 is 0. The third kappa shape index (κ3) is 4.78. The van der Waals surface area contributed by atoms with Crippen molar-refractivity contribution in [1.29, 1.82) is 0 Å². The highest BCUT2D eigenvalue weighted by atomic mass is 16.5. The van der Waals surface area contributed by atoms with E-state index in [9.17, 15) is 4.79 Å². The number of piperazine rings is 1. The monoisotopic (exact) mass is 383 g/mol. The van der Waals surface area contributed by atoms with Crippen molar-refractivity contribution in [2.75, 3.05) is 56.2 Å². The molecule has 0 saturated carbocycles. The third-order valence-electron chi connectivity index (χ3n) is 5.20. The zero-order valence-electron chi connectivity index (χ0n) is 16.9. The Balaban J connectivity index is 1.54. The molecule has 0 radical (unpaired) electrons. The molecule has 0 atom stereocenters. The zero-order chi connectivity index (χ0) is 19.9. The van der Waals surface area contributed by atoms with Crippen molar-refractivity contribution in [3.05, 3.63) is 47.4 Å². The Labute approximate surface area is 166 Å². The van der Waals surface area contributed by atoms with Crippen LogP contribution in [0.3, 0.4) is 0 Å². The highest BCUT2D eigenvalue weighted by molar-refractivity contribution is 5.91. The number of carbonyl (C=O) groups excluding carboxylic acids is 1. The number of amides is 1. The van der Waals surface area contributed by atoms with Gasteiger partial charge in [-0.1, -0.05) is 12.1 Å². The Morgan fingerprint density at radius 2 is 1.86 bits per heavy atom. The van der Waals surface area contributed by atoms with Gasteiger partial charge in [0.1, 0.15) is 11.5 Å². The molecule has 0 aliphatic carbocycles. The summed E-state index contributed by atoms with van der Waals surface area (Å²) in [4.78, 5) is 25.5. The van der Waals surface area contributed by atoms with E-state index in [-0.39, 0.29) is 5.91 Å². The number of anilines is 2. The van der Waals surface area contributed by atoms with Gasteiger partial charge in [0.05, 0.1) is 12.4 Å². The van der Waals surface area contributed by atoms with Crippen LogP contribution in [-0.2, 0) is 4.74 Å². The number of rotatable bonds is 7. The molecule has 7 nitrogen and oxygen atoms in total. The molecule has 0 spiro atoms. The van der Waals surface area contributed by atoms with Gasteiger partial charge in [-0.2, -0.15) is 0 Å². The second-order valence-corrected chi connectivity index (χ2v) is 7.06. The van der Waals surface area contributed by atoms with Gasteiger partial charge in [0, 0.05) is 52.1 Å². The van der Waals surface area contributed by atoms with Crippen LogP contribution in [0.2, 0.25) is 0 Å². The van der Waals surface area contributed by atoms with Crippen LogP contribution in [0.1, 0.15) is 28.0 Å². The van der Waals surface area contributed by atoms with E-state index in [1.165, 1.54) is 16.8 Å². The fraction of sp³-hybridized carbons (Fsp3) is 0.476. The number of aromatic nitrogens is 2. The molecule has 0 bridgehead atoms. The molecule has 28 heavy (non-hydrogen) atoms. The van der Waals surface area contributed by atoms with Crippen molar-refractivity contribution < 1.29 is 9.53 Å². The molecule has 3 rings (SSSR count). The lowest BCUT2D eigenvalue weighted by atomic mass is 10.1. The zero-order valence-corrected chi connectivity index (χ0v) is 16.9. The van der Waals surface area contributed by atoms with Crippen LogP contribution in [0.5, 0.6) is 0 Å². The van der Waals surface area contributed by atoms with Crippen LogP contribution in [-0.4, -0.2) is 62.3 Å². The van der Waals surface area contributed by atoms with Gasteiger partial charge in [0.15, 0.2) is 0 Å². The molecule has 1 N–H and O–H groups in total. The number of hydrogen-bond donors (Lipinski definition) is 1. The van der Waals surface area contributed by atoms with Gasteiger partial charge in [0.25, 0.3) is 5.91 Å². The van der Waals surface area contributed by atoms with Crippen LogP contribution < -0.4 is 15.1 Å². The molecule has 1 saturated heterocycles. The fourth-order valence-electron chi connectivity index (χ4n) is 3.37. The Morgan fingerprint density at radius 1 is 1.11 bits per heavy atom. The molecule has 150 valence electrons. The maximum absolute atomic E-state index is 12.1. The average molecular weight is 383 g/mol. The SMILES string of the molecule is COCCCNC(=O)c1cnc(N2CCN(c3cccc(C)c3C)CC2)cn1. The third-order valence-corrected chi connectivity index (χ3v) is 5.20. The minimum Gasteiger partial charge on any atom is -0.385 e. The standard InChI is InChI=1S/C21H29N5O2/c1-16-6-4-7-19(17(16)2)25-9-11-26(12-10-25)20-15-23-18(14-24-20)21(27)22-8-5-13-28-3/h4,6-7,14-15H,5,8-13H2,1-3H3,(H,22,27). The van der Waals surface area contributed by atoms with Crippen LogP contribution in [0.25, 0.3) is 0 Å². The summed E-state index contributed by atoms with van der Waals surface area (Å²) in [5, 5.41) is 2.82. The lowest BCUT2D eigenvalue weighted by Gasteiger charge is -2.37. The minimum absolute atomic E-state index is 0.199. The van der Waals surface area contributed by atoms with Gasteiger partial charge in [-0.3, -0.25) is 4.79 Å². The normalized spacial score (nSPS) is 14.2. The van der Waals surface area contributed by atoms with E-state index in [0.717, 1.165) is 38.4 Å². The fourth-order valence-corrected chi connectivity index (χ4v) is 3.37. The van der Waals surface area contributed by atoms with E-state index in [4.69, 9.17) is 4.74 Å². The van der Waals surface area contributed by atoms with E-state index in [2.05, 4.69) is 57.1 Å². The molecule has 1 amide bonds. The molecule has 0 unspecified atom stereocenters. The number of aryl methyl sites for hydroxylation is 1. The highest BCUT2D eigenvalue weighted by Gasteiger charge is 2.20. The number of methoxy groups -OCH3 is 1. The first-order valence-corrected chi connectivity index (χ1v) is 9.75. The van der Waals surface area contributed by atoms with E-state index < -0.39 is 0 Å². The number of benzene rings is 1. The molecule has 1 aromatic heterocycles. The maximum Gasteiger partial charge on any atom is 0.271 e. The van der Waals surface area contributed by atoms with Crippen LogP contribution in [0, 0.1) is 13.8 Å². The average Bonchev–Trinajstić information content (AvgIpc) is 2.73. The molecule has 2 heterocycles. The predicted molar refractivity (Wildman–Crippen MR) is 111 cm³/mol. The molecular formula is C21H29N5O2. The number of hydrogen-bond acceptors (Lipinski definition) is 6. The molecule has 1 aliphatic heterocycles. The second-order valence-electron chi connectivity index (χ2n) is 7.06. The van der Waals surface area contributed by atoms with Crippen molar-refractivity contribution in [1.82, 2.24) is 15.3 Å². The van der Waals surface area contributed by atoms with Crippen LogP contribution in [0.15, 0.2) is 30.6 Å². The molecular weight excluding hydrogens is 354 g/mol. The van der Waals surface area contributed by atoms with E-state index >= 15 is 0 Å². The molecule has 1 aliphatic rings. The van der Waals surface area contributed by atoms with Crippen molar-refractivity contribution in [3.8, 4) is 0 Å². The molecule has 1 aromatic carbocycles. The van der Waals surface area contributed by atoms with Gasteiger partial charge in [-0.05, 0) is 37.5 Å². The maximum atomic E-state index is 12.1. The molecule has 1 fully saturated rings. The Morgan fingerprint density at radius 3 is 2.54 bits per heavy atom. The number of ether oxygens (including phenoxy) is 1. The number of carbonyl (C=O) groups is 1. The Bertz CT molecular complexity index is 786. The topological polar surface area (TPSA) is 70.6 Å². The first-order chi connectivity index (χ1) is 13.6. The Kier molecular flexibility index (Phi) is 6.81. The summed E-state index contributed by atoms with van der Waals surface area (Å²) in [7, 11) is 1.65. The first kappa shape index (κ1) is 20.1. The summed E-state index contributed by atoms with van der Waals surface area (Å²) in [6, 6.07) is 6.46. The van der Waals surface area contributed by atoms with Gasteiger partial charge in [-0.15, -0.1) is 0 Å². The summed E-state index contributed by atoms with van der Waals surface area (Å²) in [6.45, 7) is 9.16. The molecule has 7 heteroatoms. The van der Waals surface area contributed by atoms with Gasteiger partial charge >= 0.3 is 0 Å². The summed E-state index contributed by atoms with van der Waals surface area (Å²) in [5.41, 5.74) is 4.32. The number of nitrogens with one attached hydrogen (secondary N) is 1. The Hall–Kier alpha value is -2.67. The minimum atomic E-state index is -0.199. The van der Waals surface area contributed by atoms with Crippen molar-refractivity contribution in [2.45, 2.75) is 20.3 Å². The van der Waals surface area contributed by atoms with Crippen molar-refractivity contribution in [3.63, 3.8) is 0 Å². The van der Waals surface area contributed by atoms with E-state index in [0.29, 0.717) is 18.8 Å². The summed E-state index contributed by atoms with van der Waals surface area (Å²) < 4.78 is 4.97. The first-order valence-electron chi connectivity index (χ1n) is 9.75. The largest absolute Gasteiger partial charge is 0.385 e. The smallest absolute Gasteiger partial charge is 0.271 e. The van der Waals surface area contributed by atoms with Gasteiger partial charge in [-0.25, -0.2) is 9.97 Å². The van der Waals surface area contributed by atoms with Crippen molar-refractivity contribution >= 4 is 17.4 Å². The van der Waals surface area contributed by atoms with Gasteiger partial charge < -0.3 is 19.9 Å². The lowest BCUT2D eigenvalue weighted by molar-refractivity contribution is 0.0943. The van der Waals surface area contributed by atoms with Crippen LogP contribution in [0.4, 0.5) is 11.5 Å². The van der Waals surface area contributed by atoms with Gasteiger partial charge in [0.2, 0.25) is 0 Å². The summed E-state index contributed by atoms with van der Waals surface area (Å²) in [6.07, 6.45) is 4.02. The highest BCUT2D eigenvalue weighted by Crippen LogP contribution is 2.24. The quantitative estimate of drug-likeness (QED) is 0.739. The molecule has 2 aromatic rings. The summed E-state index contributed by atoms with van der Waals surface area (Å²) in [5.74, 6) is 0.617. The van der Waals surface area contributed by atoms with E-state index in [1.54, 1.807) is 19.5 Å². The second kappa shape index (κ2) is 9.50. The number of nitrogens with zero attached hydrogens (tertiary/aromatic N) is 4.